The lowest BCUT2D eigenvalue weighted by Gasteiger charge is -2.42. The predicted molar refractivity (Wildman–Crippen MR) is 46.8 cm³/mol. The van der Waals surface area contributed by atoms with Crippen LogP contribution in [0.5, 0.6) is 0 Å². The minimum Gasteiger partial charge on any atom is -0.387 e. The molecular weight excluding hydrogens is 208 g/mol. The summed E-state index contributed by atoms with van der Waals surface area (Å²) in [7, 11) is 1.24. The van der Waals surface area contributed by atoms with Crippen LogP contribution >= 0.6 is 0 Å². The van der Waals surface area contributed by atoms with Gasteiger partial charge in [0, 0.05) is 7.11 Å². The number of aliphatic hydroxyl groups excluding tert-OH is 5. The third-order valence-corrected chi connectivity index (χ3v) is 2.59. The summed E-state index contributed by atoms with van der Waals surface area (Å²) in [6.07, 6.45) is -7.96. The summed E-state index contributed by atoms with van der Waals surface area (Å²) < 4.78 is 9.37. The number of rotatable bonds is 3. The first-order valence-corrected chi connectivity index (χ1v) is 4.52. The third-order valence-electron chi connectivity index (χ3n) is 2.59. The number of aliphatic hydroxyl groups is 5. The predicted octanol–water partition coefficient (Wildman–Crippen LogP) is -3.21. The van der Waals surface area contributed by atoms with Gasteiger partial charge in [0.2, 0.25) is 0 Å². The molecule has 0 aromatic carbocycles. The number of hydrogen-bond acceptors (Lipinski definition) is 7. The molecule has 1 aliphatic carbocycles. The number of methoxy groups -OCH3 is 1. The van der Waals surface area contributed by atoms with E-state index in [1.165, 1.54) is 7.11 Å². The van der Waals surface area contributed by atoms with Crippen molar-refractivity contribution in [2.75, 3.05) is 13.9 Å². The summed E-state index contributed by atoms with van der Waals surface area (Å²) in [6.45, 7) is -0.726. The quantitative estimate of drug-likeness (QED) is 0.320. The Hall–Kier alpha value is -0.280. The van der Waals surface area contributed by atoms with E-state index in [0.717, 1.165) is 0 Å². The molecule has 1 saturated carbocycles. The maximum Gasteiger partial charge on any atom is 0.144 e. The molecule has 1 fully saturated rings. The highest BCUT2D eigenvalue weighted by atomic mass is 16.6. The standard InChI is InChI=1S/C8H16O7/c1-14-7-3(10)5(12)8(15-2-9)6(13)4(7)11/h3-13H,2H2,1H3. The van der Waals surface area contributed by atoms with E-state index in [1.807, 2.05) is 0 Å². The first-order valence-electron chi connectivity index (χ1n) is 4.52. The smallest absolute Gasteiger partial charge is 0.144 e. The second-order valence-electron chi connectivity index (χ2n) is 3.42. The van der Waals surface area contributed by atoms with E-state index in [-0.39, 0.29) is 0 Å². The highest BCUT2D eigenvalue weighted by Crippen LogP contribution is 2.25. The van der Waals surface area contributed by atoms with Crippen LogP contribution < -0.4 is 0 Å². The molecule has 0 bridgehead atoms. The van der Waals surface area contributed by atoms with Crippen molar-refractivity contribution in [1.29, 1.82) is 0 Å². The summed E-state index contributed by atoms with van der Waals surface area (Å²) in [5, 5.41) is 46.6. The van der Waals surface area contributed by atoms with E-state index in [0.29, 0.717) is 0 Å². The van der Waals surface area contributed by atoms with E-state index >= 15 is 0 Å². The molecule has 0 aromatic rings. The van der Waals surface area contributed by atoms with Crippen molar-refractivity contribution < 1.29 is 35.0 Å². The van der Waals surface area contributed by atoms with Gasteiger partial charge in [-0.25, -0.2) is 0 Å². The molecule has 4 atom stereocenters. The van der Waals surface area contributed by atoms with Crippen molar-refractivity contribution in [3.8, 4) is 0 Å². The summed E-state index contributed by atoms with van der Waals surface area (Å²) in [5.41, 5.74) is 0. The molecule has 15 heavy (non-hydrogen) atoms. The first kappa shape index (κ1) is 12.8. The van der Waals surface area contributed by atoms with Gasteiger partial charge in [-0.15, -0.1) is 0 Å². The Morgan fingerprint density at radius 1 is 0.867 bits per heavy atom. The highest BCUT2D eigenvalue weighted by Gasteiger charge is 2.49. The van der Waals surface area contributed by atoms with Crippen LogP contribution in [0.4, 0.5) is 0 Å². The topological polar surface area (TPSA) is 120 Å². The van der Waals surface area contributed by atoms with Gasteiger partial charge in [0.15, 0.2) is 0 Å². The van der Waals surface area contributed by atoms with Crippen LogP contribution in [0.25, 0.3) is 0 Å². The van der Waals surface area contributed by atoms with Crippen LogP contribution in [0.3, 0.4) is 0 Å². The summed E-state index contributed by atoms with van der Waals surface area (Å²) in [6, 6.07) is 0. The van der Waals surface area contributed by atoms with E-state index in [9.17, 15) is 20.4 Å². The van der Waals surface area contributed by atoms with E-state index in [2.05, 4.69) is 4.74 Å². The molecule has 0 spiro atoms. The van der Waals surface area contributed by atoms with Crippen molar-refractivity contribution in [2.24, 2.45) is 0 Å². The van der Waals surface area contributed by atoms with Crippen molar-refractivity contribution in [2.45, 2.75) is 36.6 Å². The Balaban J connectivity index is 2.78. The average molecular weight is 224 g/mol. The van der Waals surface area contributed by atoms with Crippen LogP contribution in [-0.4, -0.2) is 76.1 Å². The zero-order valence-corrected chi connectivity index (χ0v) is 8.22. The Morgan fingerprint density at radius 3 is 1.60 bits per heavy atom. The molecule has 1 rings (SSSR count). The fraction of sp³-hybridized carbons (Fsp3) is 1.00. The van der Waals surface area contributed by atoms with Gasteiger partial charge in [0.25, 0.3) is 0 Å². The molecule has 0 aliphatic heterocycles. The van der Waals surface area contributed by atoms with Crippen LogP contribution in [0, 0.1) is 0 Å². The van der Waals surface area contributed by atoms with Crippen molar-refractivity contribution in [3.05, 3.63) is 0 Å². The van der Waals surface area contributed by atoms with Gasteiger partial charge >= 0.3 is 0 Å². The Labute approximate surface area is 86.5 Å². The van der Waals surface area contributed by atoms with Gasteiger partial charge in [0.05, 0.1) is 0 Å². The lowest BCUT2D eigenvalue weighted by atomic mass is 9.85. The monoisotopic (exact) mass is 224 g/mol. The van der Waals surface area contributed by atoms with Gasteiger partial charge in [0.1, 0.15) is 43.4 Å². The largest absolute Gasteiger partial charge is 0.387 e. The molecule has 0 radical (unpaired) electrons. The fourth-order valence-corrected chi connectivity index (χ4v) is 1.74. The van der Waals surface area contributed by atoms with Gasteiger partial charge < -0.3 is 35.0 Å². The normalized spacial score (nSPS) is 46.8. The van der Waals surface area contributed by atoms with Gasteiger partial charge in [-0.05, 0) is 0 Å². The molecule has 5 N–H and O–H groups in total. The fourth-order valence-electron chi connectivity index (χ4n) is 1.74. The molecule has 0 amide bonds. The van der Waals surface area contributed by atoms with Crippen molar-refractivity contribution >= 4 is 0 Å². The average Bonchev–Trinajstić information content (AvgIpc) is 2.23. The van der Waals surface area contributed by atoms with Crippen LogP contribution in [0.2, 0.25) is 0 Å². The van der Waals surface area contributed by atoms with Crippen LogP contribution in [-0.2, 0) is 9.47 Å². The Morgan fingerprint density at radius 2 is 1.27 bits per heavy atom. The SMILES string of the molecule is COC1C(O)C(O)C(OCO)C(O)C1O. The van der Waals surface area contributed by atoms with E-state index in [1.54, 1.807) is 0 Å². The zero-order valence-electron chi connectivity index (χ0n) is 8.22. The molecule has 0 saturated heterocycles. The summed E-state index contributed by atoms with van der Waals surface area (Å²) >= 11 is 0. The Bertz CT molecular complexity index is 183. The second-order valence-corrected chi connectivity index (χ2v) is 3.42. The molecular formula is C8H16O7. The lowest BCUT2D eigenvalue weighted by Crippen LogP contribution is -2.64. The second kappa shape index (κ2) is 5.17. The number of hydrogen-bond donors (Lipinski definition) is 5. The Kier molecular flexibility index (Phi) is 4.41. The van der Waals surface area contributed by atoms with E-state index in [4.69, 9.17) is 9.84 Å². The van der Waals surface area contributed by atoms with Gasteiger partial charge in [-0.1, -0.05) is 0 Å². The maximum atomic E-state index is 9.52. The third kappa shape index (κ3) is 2.28. The zero-order chi connectivity index (χ0) is 11.6. The molecule has 1 aliphatic rings. The van der Waals surface area contributed by atoms with Crippen LogP contribution in [0.1, 0.15) is 0 Å². The maximum absolute atomic E-state index is 9.52. The minimum atomic E-state index is -1.43. The lowest BCUT2D eigenvalue weighted by molar-refractivity contribution is -0.252. The molecule has 7 nitrogen and oxygen atoms in total. The minimum absolute atomic E-state index is 0.726. The van der Waals surface area contributed by atoms with E-state index < -0.39 is 43.4 Å². The molecule has 4 unspecified atom stereocenters. The van der Waals surface area contributed by atoms with Gasteiger partial charge in [-0.2, -0.15) is 0 Å². The van der Waals surface area contributed by atoms with Gasteiger partial charge in [-0.3, -0.25) is 0 Å². The highest BCUT2D eigenvalue weighted by molar-refractivity contribution is 4.99. The summed E-state index contributed by atoms with van der Waals surface area (Å²) in [5.74, 6) is 0. The molecule has 0 aromatic heterocycles. The first-order chi connectivity index (χ1) is 7.04. The summed E-state index contributed by atoms with van der Waals surface area (Å²) in [4.78, 5) is 0. The van der Waals surface area contributed by atoms with Crippen molar-refractivity contribution in [1.82, 2.24) is 0 Å². The molecule has 0 heterocycles. The molecule has 90 valence electrons. The van der Waals surface area contributed by atoms with Crippen LogP contribution in [0.15, 0.2) is 0 Å². The van der Waals surface area contributed by atoms with Crippen molar-refractivity contribution in [3.63, 3.8) is 0 Å². The number of ether oxygens (including phenoxy) is 2. The molecule has 7 heteroatoms.